The summed E-state index contributed by atoms with van der Waals surface area (Å²) in [7, 11) is -3.33. The zero-order valence-electron chi connectivity index (χ0n) is 6.86. The van der Waals surface area contributed by atoms with Crippen molar-refractivity contribution < 1.29 is 8.42 Å². The van der Waals surface area contributed by atoms with Gasteiger partial charge in [-0.05, 0) is 13.8 Å². The van der Waals surface area contributed by atoms with Gasteiger partial charge in [0.05, 0.1) is 5.69 Å². The zero-order chi connectivity index (χ0) is 9.35. The van der Waals surface area contributed by atoms with Gasteiger partial charge in [-0.2, -0.15) is 0 Å². The summed E-state index contributed by atoms with van der Waals surface area (Å²) in [6.45, 7) is 6.85. The maximum Gasteiger partial charge on any atom is 0.226 e. The van der Waals surface area contributed by atoms with Gasteiger partial charge in [-0.25, -0.2) is 13.4 Å². The quantitative estimate of drug-likeness (QED) is 0.734. The lowest BCUT2D eigenvalue weighted by Crippen LogP contribution is -1.93. The van der Waals surface area contributed by atoms with Crippen molar-refractivity contribution in [3.63, 3.8) is 0 Å². The fourth-order valence-corrected chi connectivity index (χ4v) is 2.72. The fraction of sp³-hybridized carbons (Fsp3) is 0.286. The molecule has 0 N–H and O–H groups in total. The van der Waals surface area contributed by atoms with E-state index in [2.05, 4.69) is 11.6 Å². The molecule has 0 atom stereocenters. The summed E-state index contributed by atoms with van der Waals surface area (Å²) in [5.74, 6) is 0. The average Bonchev–Trinajstić information content (AvgIpc) is 2.33. The Labute approximate surface area is 75.7 Å². The topological polar surface area (TPSA) is 47.0 Å². The smallest absolute Gasteiger partial charge is 0.226 e. The van der Waals surface area contributed by atoms with Crippen molar-refractivity contribution >= 4 is 21.2 Å². The van der Waals surface area contributed by atoms with Crippen LogP contribution in [0.3, 0.4) is 0 Å². The molecule has 5 heteroatoms. The van der Waals surface area contributed by atoms with Crippen LogP contribution in [0, 0.1) is 13.8 Å². The van der Waals surface area contributed by atoms with Crippen LogP contribution >= 0.6 is 11.3 Å². The number of hydrogen-bond acceptors (Lipinski definition) is 4. The van der Waals surface area contributed by atoms with Gasteiger partial charge in [0.1, 0.15) is 0 Å². The third-order valence-corrected chi connectivity index (χ3v) is 4.30. The molecular formula is C7H9NO2S2. The van der Waals surface area contributed by atoms with Gasteiger partial charge in [0.25, 0.3) is 0 Å². The van der Waals surface area contributed by atoms with Crippen LogP contribution in [0.15, 0.2) is 16.3 Å². The summed E-state index contributed by atoms with van der Waals surface area (Å²) < 4.78 is 22.5. The van der Waals surface area contributed by atoms with E-state index in [1.807, 2.05) is 6.92 Å². The molecule has 0 radical (unpaired) electrons. The van der Waals surface area contributed by atoms with Crippen molar-refractivity contribution in [1.82, 2.24) is 4.98 Å². The van der Waals surface area contributed by atoms with Crippen LogP contribution < -0.4 is 0 Å². The molecule has 0 saturated heterocycles. The van der Waals surface area contributed by atoms with E-state index in [9.17, 15) is 8.42 Å². The number of hydrogen-bond donors (Lipinski definition) is 0. The summed E-state index contributed by atoms with van der Waals surface area (Å²) in [5.41, 5.74) is 0.764. The molecule has 0 bridgehead atoms. The van der Waals surface area contributed by atoms with E-state index in [0.29, 0.717) is 0 Å². The van der Waals surface area contributed by atoms with Crippen LogP contribution in [-0.4, -0.2) is 13.4 Å². The van der Waals surface area contributed by atoms with Gasteiger partial charge in [0, 0.05) is 10.3 Å². The maximum atomic E-state index is 11.2. The molecule has 0 spiro atoms. The SMILES string of the molecule is C=CS(=O)(=O)c1nc(C)c(C)s1. The molecule has 0 fully saturated rings. The van der Waals surface area contributed by atoms with Crippen molar-refractivity contribution in [3.8, 4) is 0 Å². The van der Waals surface area contributed by atoms with E-state index in [1.165, 1.54) is 11.3 Å². The molecule has 0 amide bonds. The number of nitrogens with zero attached hydrogens (tertiary/aromatic N) is 1. The summed E-state index contributed by atoms with van der Waals surface area (Å²) >= 11 is 1.18. The molecule has 1 aromatic rings. The lowest BCUT2D eigenvalue weighted by Gasteiger charge is -1.87. The van der Waals surface area contributed by atoms with Gasteiger partial charge in [-0.15, -0.1) is 11.3 Å². The Kier molecular flexibility index (Phi) is 2.34. The molecule has 0 aromatic carbocycles. The van der Waals surface area contributed by atoms with Gasteiger partial charge in [0.15, 0.2) is 0 Å². The fourth-order valence-electron chi connectivity index (χ4n) is 0.636. The van der Waals surface area contributed by atoms with Crippen LogP contribution in [0.4, 0.5) is 0 Å². The normalized spacial score (nSPS) is 11.5. The molecule has 1 rings (SSSR count). The molecule has 66 valence electrons. The molecule has 1 aromatic heterocycles. The Hall–Kier alpha value is -0.680. The lowest BCUT2D eigenvalue weighted by molar-refractivity contribution is 0.603. The monoisotopic (exact) mass is 203 g/mol. The molecule has 0 saturated carbocycles. The number of thiazole rings is 1. The van der Waals surface area contributed by atoms with Crippen molar-refractivity contribution in [1.29, 1.82) is 0 Å². The van der Waals surface area contributed by atoms with E-state index in [1.54, 1.807) is 6.92 Å². The van der Waals surface area contributed by atoms with E-state index >= 15 is 0 Å². The second kappa shape index (κ2) is 2.99. The lowest BCUT2D eigenvalue weighted by atomic mass is 10.4. The van der Waals surface area contributed by atoms with E-state index < -0.39 is 9.84 Å². The Balaban J connectivity index is 3.31. The maximum absolute atomic E-state index is 11.2. The summed E-state index contributed by atoms with van der Waals surface area (Å²) in [6.07, 6.45) is 0. The Morgan fingerprint density at radius 1 is 1.50 bits per heavy atom. The molecule has 0 aliphatic carbocycles. The molecule has 1 heterocycles. The van der Waals surface area contributed by atoms with Crippen molar-refractivity contribution in [2.24, 2.45) is 0 Å². The van der Waals surface area contributed by atoms with Crippen molar-refractivity contribution in [2.75, 3.05) is 0 Å². The average molecular weight is 203 g/mol. The minimum absolute atomic E-state index is 0.132. The molecule has 0 aliphatic rings. The van der Waals surface area contributed by atoms with Gasteiger partial charge in [0.2, 0.25) is 14.2 Å². The van der Waals surface area contributed by atoms with Crippen molar-refractivity contribution in [2.45, 2.75) is 18.2 Å². The highest BCUT2D eigenvalue weighted by atomic mass is 32.2. The Morgan fingerprint density at radius 3 is 2.42 bits per heavy atom. The largest absolute Gasteiger partial charge is 0.230 e. The van der Waals surface area contributed by atoms with Gasteiger partial charge in [-0.1, -0.05) is 6.58 Å². The van der Waals surface area contributed by atoms with Crippen LogP contribution in [0.2, 0.25) is 0 Å². The molecule has 0 aliphatic heterocycles. The van der Waals surface area contributed by atoms with Crippen LogP contribution in [0.1, 0.15) is 10.6 Å². The van der Waals surface area contributed by atoms with Crippen LogP contribution in [0.25, 0.3) is 0 Å². The van der Waals surface area contributed by atoms with E-state index in [4.69, 9.17) is 0 Å². The minimum atomic E-state index is -3.33. The van der Waals surface area contributed by atoms with Gasteiger partial charge >= 0.3 is 0 Å². The van der Waals surface area contributed by atoms with E-state index in [0.717, 1.165) is 16.0 Å². The highest BCUT2D eigenvalue weighted by molar-refractivity contribution is 7.96. The predicted molar refractivity (Wildman–Crippen MR) is 49.0 cm³/mol. The van der Waals surface area contributed by atoms with Crippen LogP contribution in [0.5, 0.6) is 0 Å². The molecule has 12 heavy (non-hydrogen) atoms. The number of aromatic nitrogens is 1. The Morgan fingerprint density at radius 2 is 2.08 bits per heavy atom. The summed E-state index contributed by atoms with van der Waals surface area (Å²) in [4.78, 5) is 4.84. The molecular weight excluding hydrogens is 194 g/mol. The third-order valence-electron chi connectivity index (χ3n) is 1.47. The first kappa shape index (κ1) is 9.41. The van der Waals surface area contributed by atoms with Gasteiger partial charge in [-0.3, -0.25) is 0 Å². The van der Waals surface area contributed by atoms with Gasteiger partial charge < -0.3 is 0 Å². The number of rotatable bonds is 2. The van der Waals surface area contributed by atoms with Crippen LogP contribution in [-0.2, 0) is 9.84 Å². The number of sulfone groups is 1. The second-order valence-corrected chi connectivity index (χ2v) is 5.60. The van der Waals surface area contributed by atoms with E-state index in [-0.39, 0.29) is 4.34 Å². The highest BCUT2D eigenvalue weighted by Gasteiger charge is 2.15. The third kappa shape index (κ3) is 1.56. The summed E-state index contributed by atoms with van der Waals surface area (Å²) in [5, 5.41) is 0.921. The molecule has 3 nitrogen and oxygen atoms in total. The highest BCUT2D eigenvalue weighted by Crippen LogP contribution is 2.21. The standard InChI is InChI=1S/C7H9NO2S2/c1-4-12(9,10)7-8-5(2)6(3)11-7/h4H,1H2,2-3H3. The predicted octanol–water partition coefficient (Wildman–Crippen LogP) is 1.68. The van der Waals surface area contributed by atoms with Crippen molar-refractivity contribution in [3.05, 3.63) is 22.6 Å². The first-order valence-electron chi connectivity index (χ1n) is 3.29. The zero-order valence-corrected chi connectivity index (χ0v) is 8.50. The Bertz CT molecular complexity index is 384. The number of aryl methyl sites for hydroxylation is 2. The first-order chi connectivity index (χ1) is 5.47. The first-order valence-corrected chi connectivity index (χ1v) is 5.65. The molecule has 0 unspecified atom stereocenters. The minimum Gasteiger partial charge on any atom is -0.230 e. The summed E-state index contributed by atoms with van der Waals surface area (Å²) in [6, 6.07) is 0. The second-order valence-electron chi connectivity index (χ2n) is 2.33.